The van der Waals surface area contributed by atoms with Crippen LogP contribution in [0.2, 0.25) is 5.02 Å². The van der Waals surface area contributed by atoms with Gasteiger partial charge in [0, 0.05) is 16.9 Å². The zero-order valence-electron chi connectivity index (χ0n) is 19.5. The van der Waals surface area contributed by atoms with Crippen LogP contribution >= 0.6 is 34.7 Å². The summed E-state index contributed by atoms with van der Waals surface area (Å²) in [6, 6.07) is 7.80. The highest BCUT2D eigenvalue weighted by Gasteiger charge is 2.25. The number of thiophene rings is 1. The minimum atomic E-state index is -0.334. The van der Waals surface area contributed by atoms with Gasteiger partial charge in [-0.15, -0.1) is 21.5 Å². The lowest BCUT2D eigenvalue weighted by molar-refractivity contribution is -0.113. The second-order valence-electron chi connectivity index (χ2n) is 8.58. The van der Waals surface area contributed by atoms with Crippen molar-refractivity contribution < 1.29 is 9.53 Å². The number of aromatic nitrogens is 3. The molecule has 1 amide bonds. The van der Waals surface area contributed by atoms with E-state index in [9.17, 15) is 10.1 Å². The number of fused-ring (bicyclic) bond motifs is 1. The molecular formula is C24H26ClN5O2S2. The number of hydrogen-bond acceptors (Lipinski definition) is 7. The number of nitrogens with zero attached hydrogens (tertiary/aromatic N) is 4. The second-order valence-corrected chi connectivity index (χ2v) is 11.0. The summed E-state index contributed by atoms with van der Waals surface area (Å²) in [6.45, 7) is 6.05. The van der Waals surface area contributed by atoms with E-state index in [1.54, 1.807) is 6.07 Å². The largest absolute Gasteiger partial charge is 0.483 e. The van der Waals surface area contributed by atoms with E-state index in [4.69, 9.17) is 16.3 Å². The van der Waals surface area contributed by atoms with E-state index in [0.29, 0.717) is 38.2 Å². The van der Waals surface area contributed by atoms with Crippen LogP contribution < -0.4 is 10.1 Å². The monoisotopic (exact) mass is 515 g/mol. The Balaban J connectivity index is 1.38. The van der Waals surface area contributed by atoms with E-state index in [2.05, 4.69) is 28.5 Å². The van der Waals surface area contributed by atoms with Crippen LogP contribution in [0.15, 0.2) is 23.4 Å². The molecule has 1 aliphatic rings. The SMILES string of the molecule is Cc1cc(OC(C)c2nnc(SCC(=O)Nc3sc4c(c3C#N)CCC(C)C4)n2C)ccc1Cl. The maximum Gasteiger partial charge on any atom is 0.235 e. The molecule has 1 aromatic carbocycles. The zero-order chi connectivity index (χ0) is 24.4. The third kappa shape index (κ3) is 5.24. The summed E-state index contributed by atoms with van der Waals surface area (Å²) in [7, 11) is 1.85. The Labute approximate surface area is 212 Å². The number of carbonyl (C=O) groups excluding carboxylic acids is 1. The fourth-order valence-electron chi connectivity index (χ4n) is 4.00. The molecule has 34 heavy (non-hydrogen) atoms. The lowest BCUT2D eigenvalue weighted by Crippen LogP contribution is -2.15. The number of halogens is 1. The van der Waals surface area contributed by atoms with Crippen LogP contribution in [0, 0.1) is 24.2 Å². The van der Waals surface area contributed by atoms with Gasteiger partial charge in [-0.3, -0.25) is 4.79 Å². The predicted octanol–water partition coefficient (Wildman–Crippen LogP) is 5.71. The van der Waals surface area contributed by atoms with Gasteiger partial charge >= 0.3 is 0 Å². The Hall–Kier alpha value is -2.54. The number of nitriles is 1. The first kappa shape index (κ1) is 24.6. The molecule has 2 heterocycles. The molecule has 10 heteroatoms. The van der Waals surface area contributed by atoms with Crippen molar-refractivity contribution in [2.24, 2.45) is 13.0 Å². The third-order valence-electron chi connectivity index (χ3n) is 5.88. The molecule has 178 valence electrons. The van der Waals surface area contributed by atoms with Gasteiger partial charge in [-0.05, 0) is 68.4 Å². The van der Waals surface area contributed by atoms with E-state index in [1.165, 1.54) is 28.0 Å². The summed E-state index contributed by atoms with van der Waals surface area (Å²) in [6.07, 6.45) is 2.62. The Kier molecular flexibility index (Phi) is 7.51. The van der Waals surface area contributed by atoms with Crippen molar-refractivity contribution in [1.82, 2.24) is 14.8 Å². The van der Waals surface area contributed by atoms with Gasteiger partial charge in [-0.2, -0.15) is 5.26 Å². The summed E-state index contributed by atoms with van der Waals surface area (Å²) < 4.78 is 7.84. The molecule has 1 N–H and O–H groups in total. The number of hydrogen-bond donors (Lipinski definition) is 1. The molecule has 7 nitrogen and oxygen atoms in total. The molecule has 0 fully saturated rings. The molecular weight excluding hydrogens is 490 g/mol. The normalized spacial score (nSPS) is 15.9. The van der Waals surface area contributed by atoms with Crippen LogP contribution in [0.3, 0.4) is 0 Å². The van der Waals surface area contributed by atoms with Gasteiger partial charge in [0.1, 0.15) is 16.8 Å². The molecule has 3 aromatic rings. The van der Waals surface area contributed by atoms with Crippen molar-refractivity contribution in [3.8, 4) is 11.8 Å². The Morgan fingerprint density at radius 2 is 2.26 bits per heavy atom. The van der Waals surface area contributed by atoms with Gasteiger partial charge in [0.15, 0.2) is 17.1 Å². The van der Waals surface area contributed by atoms with E-state index in [-0.39, 0.29) is 17.8 Å². The van der Waals surface area contributed by atoms with Crippen molar-refractivity contribution >= 4 is 45.6 Å². The van der Waals surface area contributed by atoms with Crippen molar-refractivity contribution in [1.29, 1.82) is 5.26 Å². The number of rotatable bonds is 7. The van der Waals surface area contributed by atoms with Crippen LogP contribution in [0.4, 0.5) is 5.00 Å². The van der Waals surface area contributed by atoms with Gasteiger partial charge in [0.05, 0.1) is 11.3 Å². The Morgan fingerprint density at radius 1 is 1.47 bits per heavy atom. The summed E-state index contributed by atoms with van der Waals surface area (Å²) in [5, 5.41) is 23.0. The number of benzene rings is 1. The molecule has 4 rings (SSSR count). The molecule has 0 radical (unpaired) electrons. The minimum absolute atomic E-state index is 0.168. The standard InChI is InChI=1S/C24H26ClN5O2S2/c1-13-5-7-17-18(11-26)23(34-20(17)9-13)27-21(31)12-33-24-29-28-22(30(24)4)15(3)32-16-6-8-19(25)14(2)10-16/h6,8,10,13,15H,5,7,9,12H2,1-4H3,(H,27,31). The average Bonchev–Trinajstić information content (AvgIpc) is 3.33. The molecule has 1 aliphatic carbocycles. The molecule has 0 bridgehead atoms. The van der Waals surface area contributed by atoms with Crippen LogP contribution in [0.25, 0.3) is 0 Å². The van der Waals surface area contributed by atoms with Gasteiger partial charge < -0.3 is 14.6 Å². The first-order chi connectivity index (χ1) is 16.3. The van der Waals surface area contributed by atoms with Crippen molar-refractivity contribution in [2.45, 2.75) is 51.3 Å². The fourth-order valence-corrected chi connectivity index (χ4v) is 6.22. The highest BCUT2D eigenvalue weighted by atomic mass is 35.5. The smallest absolute Gasteiger partial charge is 0.235 e. The van der Waals surface area contributed by atoms with E-state index in [1.807, 2.05) is 37.6 Å². The summed E-state index contributed by atoms with van der Waals surface area (Å²) >= 11 is 8.92. The lowest BCUT2D eigenvalue weighted by Gasteiger charge is -2.17. The molecule has 2 unspecified atom stereocenters. The van der Waals surface area contributed by atoms with Crippen LogP contribution in [0.1, 0.15) is 53.8 Å². The number of anilines is 1. The molecule has 2 atom stereocenters. The maximum atomic E-state index is 12.7. The van der Waals surface area contributed by atoms with Gasteiger partial charge in [-0.1, -0.05) is 30.3 Å². The number of amides is 1. The second kappa shape index (κ2) is 10.4. The maximum absolute atomic E-state index is 12.7. The first-order valence-electron chi connectivity index (χ1n) is 11.1. The average molecular weight is 516 g/mol. The fraction of sp³-hybridized carbons (Fsp3) is 0.417. The van der Waals surface area contributed by atoms with Crippen molar-refractivity contribution in [3.05, 3.63) is 50.6 Å². The molecule has 0 spiro atoms. The summed E-state index contributed by atoms with van der Waals surface area (Å²) in [4.78, 5) is 13.9. The van der Waals surface area contributed by atoms with E-state index >= 15 is 0 Å². The van der Waals surface area contributed by atoms with Gasteiger partial charge in [-0.25, -0.2) is 0 Å². The number of ether oxygens (including phenoxy) is 1. The molecule has 0 saturated carbocycles. The number of aryl methyl sites for hydroxylation is 1. The van der Waals surface area contributed by atoms with E-state index in [0.717, 1.165) is 30.4 Å². The number of thioether (sulfide) groups is 1. The lowest BCUT2D eigenvalue weighted by atomic mass is 9.89. The van der Waals surface area contributed by atoms with Crippen molar-refractivity contribution in [2.75, 3.05) is 11.1 Å². The quantitative estimate of drug-likeness (QED) is 0.405. The van der Waals surface area contributed by atoms with Crippen LogP contribution in [-0.2, 0) is 24.7 Å². The van der Waals surface area contributed by atoms with Gasteiger partial charge in [0.2, 0.25) is 5.91 Å². The molecule has 2 aromatic heterocycles. The number of nitrogens with one attached hydrogen (secondary N) is 1. The predicted molar refractivity (Wildman–Crippen MR) is 136 cm³/mol. The summed E-state index contributed by atoms with van der Waals surface area (Å²) in [5.41, 5.74) is 2.67. The van der Waals surface area contributed by atoms with Crippen LogP contribution in [0.5, 0.6) is 5.75 Å². The molecule has 0 aliphatic heterocycles. The highest BCUT2D eigenvalue weighted by molar-refractivity contribution is 7.99. The third-order valence-corrected chi connectivity index (χ3v) is 8.50. The summed E-state index contributed by atoms with van der Waals surface area (Å²) in [5.74, 6) is 1.96. The first-order valence-corrected chi connectivity index (χ1v) is 13.2. The Morgan fingerprint density at radius 3 is 3.00 bits per heavy atom. The van der Waals surface area contributed by atoms with Gasteiger partial charge in [0.25, 0.3) is 0 Å². The highest BCUT2D eigenvalue weighted by Crippen LogP contribution is 2.39. The Bertz CT molecular complexity index is 1260. The molecule has 0 saturated heterocycles. The topological polar surface area (TPSA) is 92.8 Å². The minimum Gasteiger partial charge on any atom is -0.483 e. The zero-order valence-corrected chi connectivity index (χ0v) is 21.9. The van der Waals surface area contributed by atoms with Crippen LogP contribution in [-0.4, -0.2) is 26.4 Å². The number of carbonyl (C=O) groups is 1. The van der Waals surface area contributed by atoms with E-state index < -0.39 is 0 Å². The van der Waals surface area contributed by atoms with Crippen molar-refractivity contribution in [3.63, 3.8) is 0 Å².